The molecule has 0 aliphatic carbocycles. The van der Waals surface area contributed by atoms with Crippen LogP contribution in [0.2, 0.25) is 0 Å². The quantitative estimate of drug-likeness (QED) is 0.164. The second-order valence-corrected chi connectivity index (χ2v) is 13.6. The van der Waals surface area contributed by atoms with Crippen molar-refractivity contribution in [3.63, 3.8) is 0 Å². The minimum absolute atomic E-state index is 0.0407. The Morgan fingerprint density at radius 3 is 2.55 bits per heavy atom. The van der Waals surface area contributed by atoms with Crippen LogP contribution < -0.4 is 10.9 Å². The molecule has 1 N–H and O–H groups in total. The van der Waals surface area contributed by atoms with Gasteiger partial charge < -0.3 is 14.6 Å². The van der Waals surface area contributed by atoms with E-state index >= 15 is 0 Å². The summed E-state index contributed by atoms with van der Waals surface area (Å²) in [5.74, 6) is -1.73. The number of fused-ring (bicyclic) bond motifs is 1. The molecule has 11 heteroatoms. The third-order valence-electron chi connectivity index (χ3n) is 8.13. The molecule has 0 fully saturated rings. The number of benzene rings is 3. The number of aromatic nitrogens is 3. The zero-order chi connectivity index (χ0) is 33.0. The number of ether oxygens (including phenoxy) is 1. The first-order valence-corrected chi connectivity index (χ1v) is 17.1. The Hall–Kier alpha value is -4.74. The Morgan fingerprint density at radius 1 is 0.957 bits per heavy atom. The smallest absolute Gasteiger partial charge is 0.286 e. The van der Waals surface area contributed by atoms with E-state index < -0.39 is 38.3 Å². The van der Waals surface area contributed by atoms with Gasteiger partial charge in [0.15, 0.2) is 5.82 Å². The van der Waals surface area contributed by atoms with Crippen LogP contribution in [-0.2, 0) is 34.1 Å². The summed E-state index contributed by atoms with van der Waals surface area (Å²) in [6.45, 7) is 2.63. The zero-order valence-corrected chi connectivity index (χ0v) is 26.6. The maximum atomic E-state index is 15.0. The van der Waals surface area contributed by atoms with Crippen molar-refractivity contribution in [1.82, 2.24) is 14.5 Å². The molecule has 0 amide bonds. The van der Waals surface area contributed by atoms with Gasteiger partial charge in [0.05, 0.1) is 30.7 Å². The van der Waals surface area contributed by atoms with Gasteiger partial charge in [-0.1, -0.05) is 60.7 Å². The number of rotatable bonds is 11. The number of halogens is 2. The van der Waals surface area contributed by atoms with Gasteiger partial charge in [-0.15, -0.1) is 0 Å². The number of nitrogens with one attached hydrogen (secondary N) is 1. The molecule has 0 spiro atoms. The number of nitrogens with zero attached hydrogens (tertiary/aromatic N) is 3. The van der Waals surface area contributed by atoms with Crippen molar-refractivity contribution in [1.29, 1.82) is 0 Å². The van der Waals surface area contributed by atoms with Crippen LogP contribution in [0, 0.1) is 18.6 Å². The van der Waals surface area contributed by atoms with Gasteiger partial charge in [0, 0.05) is 35.2 Å². The van der Waals surface area contributed by atoms with Crippen LogP contribution in [0.4, 0.5) is 14.5 Å². The van der Waals surface area contributed by atoms with Crippen molar-refractivity contribution < 1.29 is 21.9 Å². The molecule has 3 aromatic carbocycles. The molecule has 1 unspecified atom stereocenters. The van der Waals surface area contributed by atoms with E-state index in [9.17, 15) is 22.0 Å². The lowest BCUT2D eigenvalue weighted by Crippen LogP contribution is -2.23. The van der Waals surface area contributed by atoms with Crippen molar-refractivity contribution in [2.45, 2.75) is 50.6 Å². The van der Waals surface area contributed by atoms with Crippen LogP contribution in [0.25, 0.3) is 11.3 Å². The molecule has 0 bridgehead atoms. The number of anilines is 1. The molecular formula is C36H34F2N4O4S. The summed E-state index contributed by atoms with van der Waals surface area (Å²) < 4.78 is 63.8. The minimum atomic E-state index is -4.04. The molecule has 3 heterocycles. The van der Waals surface area contributed by atoms with Gasteiger partial charge >= 0.3 is 0 Å². The zero-order valence-electron chi connectivity index (χ0n) is 25.8. The normalized spacial score (nSPS) is 13.5. The van der Waals surface area contributed by atoms with Gasteiger partial charge in [-0.25, -0.2) is 27.2 Å². The molecule has 47 heavy (non-hydrogen) atoms. The molecule has 5 aromatic rings. The first-order valence-electron chi connectivity index (χ1n) is 15.4. The molecule has 0 radical (unpaired) electrons. The molecule has 1 atom stereocenters. The molecule has 1 aliphatic rings. The fourth-order valence-corrected chi connectivity index (χ4v) is 6.91. The highest BCUT2D eigenvalue weighted by molar-refractivity contribution is 7.91. The molecule has 2 aromatic heterocycles. The van der Waals surface area contributed by atoms with Gasteiger partial charge in [0.1, 0.15) is 5.82 Å². The van der Waals surface area contributed by atoms with E-state index in [-0.39, 0.29) is 36.6 Å². The first kappa shape index (κ1) is 32.2. The molecule has 0 saturated heterocycles. The van der Waals surface area contributed by atoms with E-state index in [4.69, 9.17) is 4.74 Å². The third kappa shape index (κ3) is 7.64. The summed E-state index contributed by atoms with van der Waals surface area (Å²) in [6.07, 6.45) is 2.83. The molecule has 242 valence electrons. The molecule has 1 aliphatic heterocycles. The Labute approximate surface area is 272 Å². The summed E-state index contributed by atoms with van der Waals surface area (Å²) in [5, 5.41) is 2.94. The van der Waals surface area contributed by atoms with E-state index in [0.717, 1.165) is 47.8 Å². The van der Waals surface area contributed by atoms with E-state index in [1.54, 1.807) is 31.2 Å². The second-order valence-electron chi connectivity index (χ2n) is 11.6. The first-order chi connectivity index (χ1) is 22.7. The predicted octanol–water partition coefficient (Wildman–Crippen LogP) is 6.42. The predicted molar refractivity (Wildman–Crippen MR) is 176 cm³/mol. The van der Waals surface area contributed by atoms with Crippen LogP contribution in [0.1, 0.15) is 46.9 Å². The van der Waals surface area contributed by atoms with Gasteiger partial charge in [0.2, 0.25) is 15.0 Å². The summed E-state index contributed by atoms with van der Waals surface area (Å²) in [7, 11) is -4.04. The van der Waals surface area contributed by atoms with E-state index in [2.05, 4.69) is 15.3 Å². The molecular weight excluding hydrogens is 622 g/mol. The largest absolute Gasteiger partial charge is 0.385 e. The van der Waals surface area contributed by atoms with Crippen LogP contribution in [-0.4, -0.2) is 35.3 Å². The van der Waals surface area contributed by atoms with Crippen LogP contribution in [0.3, 0.4) is 0 Å². The monoisotopic (exact) mass is 656 g/mol. The topological polar surface area (TPSA) is 103 Å². The van der Waals surface area contributed by atoms with E-state index in [0.29, 0.717) is 11.3 Å². The lowest BCUT2D eigenvalue weighted by Gasteiger charge is -2.19. The van der Waals surface area contributed by atoms with Gasteiger partial charge in [-0.3, -0.25) is 4.79 Å². The Balaban J connectivity index is 1.24. The fraction of sp³-hybridized carbons (Fsp3) is 0.250. The number of pyridine rings is 1. The van der Waals surface area contributed by atoms with Crippen LogP contribution in [0.5, 0.6) is 0 Å². The van der Waals surface area contributed by atoms with Crippen molar-refractivity contribution in [2.75, 3.05) is 17.6 Å². The third-order valence-corrected chi connectivity index (χ3v) is 9.64. The SMILES string of the molecule is Cc1cc(-c2cc(F)c(=O)n(Cc3ccc4c(c3)CCCN4)c2)nc(S(=O)(=O)CCC(OCc2ccccc2F)c2ccccc2)n1. The molecule has 6 rings (SSSR count). The maximum absolute atomic E-state index is 15.0. The number of hydrogen-bond donors (Lipinski definition) is 1. The highest BCUT2D eigenvalue weighted by atomic mass is 32.2. The average Bonchev–Trinajstić information content (AvgIpc) is 3.07. The average molecular weight is 657 g/mol. The highest BCUT2D eigenvalue weighted by Gasteiger charge is 2.24. The van der Waals surface area contributed by atoms with Gasteiger partial charge in [-0.05, 0) is 67.1 Å². The fourth-order valence-electron chi connectivity index (χ4n) is 5.68. The van der Waals surface area contributed by atoms with E-state index in [1.807, 2.05) is 48.5 Å². The summed E-state index contributed by atoms with van der Waals surface area (Å²) in [6, 6.07) is 23.9. The van der Waals surface area contributed by atoms with Crippen molar-refractivity contribution in [3.05, 3.63) is 141 Å². The number of aryl methyl sites for hydroxylation is 2. The van der Waals surface area contributed by atoms with Crippen molar-refractivity contribution >= 4 is 15.5 Å². The summed E-state index contributed by atoms with van der Waals surface area (Å²) in [5.41, 5.74) is 4.16. The lowest BCUT2D eigenvalue weighted by atomic mass is 10.0. The van der Waals surface area contributed by atoms with Crippen molar-refractivity contribution in [2.24, 2.45) is 0 Å². The van der Waals surface area contributed by atoms with E-state index in [1.165, 1.54) is 16.8 Å². The molecule has 0 saturated carbocycles. The summed E-state index contributed by atoms with van der Waals surface area (Å²) in [4.78, 5) is 21.3. The Morgan fingerprint density at radius 2 is 1.74 bits per heavy atom. The lowest BCUT2D eigenvalue weighted by molar-refractivity contribution is 0.0361. The standard InChI is InChI=1S/C36H34F2N4O4S/c1-24-18-33(29-20-31(38)35(43)42(22-29)21-25-13-14-32-27(19-25)11-7-16-39-32)41-36(40-24)47(44,45)17-15-34(26-8-3-2-4-9-26)46-23-28-10-5-6-12-30(28)37/h2-6,8-10,12-14,18-20,22,34,39H,7,11,15-17,21,23H2,1H3. The Kier molecular flexibility index (Phi) is 9.55. The maximum Gasteiger partial charge on any atom is 0.286 e. The van der Waals surface area contributed by atoms with Crippen LogP contribution >= 0.6 is 0 Å². The van der Waals surface area contributed by atoms with Crippen LogP contribution in [0.15, 0.2) is 101 Å². The molecule has 8 nitrogen and oxygen atoms in total. The minimum Gasteiger partial charge on any atom is -0.385 e. The second kappa shape index (κ2) is 13.9. The highest BCUT2D eigenvalue weighted by Crippen LogP contribution is 2.27. The number of hydrogen-bond acceptors (Lipinski definition) is 7. The van der Waals surface area contributed by atoms with Gasteiger partial charge in [0.25, 0.3) is 5.56 Å². The summed E-state index contributed by atoms with van der Waals surface area (Å²) >= 11 is 0. The van der Waals surface area contributed by atoms with Gasteiger partial charge in [-0.2, -0.15) is 0 Å². The van der Waals surface area contributed by atoms with Crippen molar-refractivity contribution in [3.8, 4) is 11.3 Å². The number of sulfone groups is 1. The Bertz CT molecular complexity index is 2070.